The van der Waals surface area contributed by atoms with Crippen molar-refractivity contribution < 1.29 is 8.42 Å². The van der Waals surface area contributed by atoms with Crippen molar-refractivity contribution in [2.45, 2.75) is 30.7 Å². The molecule has 0 saturated carbocycles. The zero-order chi connectivity index (χ0) is 19.6. The third-order valence-corrected chi connectivity index (χ3v) is 6.69. The molecule has 1 aliphatic rings. The Bertz CT molecular complexity index is 1080. The second kappa shape index (κ2) is 7.60. The van der Waals surface area contributed by atoms with Crippen LogP contribution in [0.15, 0.2) is 94.9 Å². The van der Waals surface area contributed by atoms with Crippen LogP contribution in [0.2, 0.25) is 0 Å². The van der Waals surface area contributed by atoms with Crippen molar-refractivity contribution in [2.24, 2.45) is 5.10 Å². The molecule has 28 heavy (non-hydrogen) atoms. The molecular weight excluding hydrogens is 368 g/mol. The summed E-state index contributed by atoms with van der Waals surface area (Å²) in [6.45, 7) is 1.94. The number of hydrazone groups is 1. The first-order valence-corrected chi connectivity index (χ1v) is 10.8. The lowest BCUT2D eigenvalue weighted by Crippen LogP contribution is -2.34. The lowest BCUT2D eigenvalue weighted by atomic mass is 9.99. The van der Waals surface area contributed by atoms with Crippen LogP contribution in [0.1, 0.15) is 23.1 Å². The zero-order valence-corrected chi connectivity index (χ0v) is 16.5. The molecule has 1 heterocycles. The van der Waals surface area contributed by atoms with Crippen LogP contribution < -0.4 is 0 Å². The summed E-state index contributed by atoms with van der Waals surface area (Å²) >= 11 is 0. The third-order valence-electron chi connectivity index (χ3n) is 4.95. The van der Waals surface area contributed by atoms with E-state index < -0.39 is 10.0 Å². The molecule has 1 aliphatic heterocycles. The monoisotopic (exact) mass is 390 g/mol. The van der Waals surface area contributed by atoms with E-state index in [0.717, 1.165) is 22.4 Å². The maximum absolute atomic E-state index is 13.3. The first kappa shape index (κ1) is 18.4. The molecular formula is C23H22N2O2S. The van der Waals surface area contributed by atoms with Gasteiger partial charge in [-0.3, -0.25) is 0 Å². The van der Waals surface area contributed by atoms with E-state index in [1.54, 1.807) is 12.1 Å². The summed E-state index contributed by atoms with van der Waals surface area (Å²) in [5.74, 6) is 0. The highest BCUT2D eigenvalue weighted by molar-refractivity contribution is 7.89. The van der Waals surface area contributed by atoms with Gasteiger partial charge in [-0.25, -0.2) is 0 Å². The van der Waals surface area contributed by atoms with E-state index in [1.807, 2.05) is 79.7 Å². The summed E-state index contributed by atoms with van der Waals surface area (Å²) in [6, 6.07) is 26.4. The molecule has 0 bridgehead atoms. The minimum atomic E-state index is -3.72. The smallest absolute Gasteiger partial charge is 0.200 e. The van der Waals surface area contributed by atoms with E-state index in [2.05, 4.69) is 5.10 Å². The van der Waals surface area contributed by atoms with Crippen molar-refractivity contribution in [3.63, 3.8) is 0 Å². The number of rotatable bonds is 5. The molecule has 1 unspecified atom stereocenters. The number of nitrogens with zero attached hydrogens (tertiary/aromatic N) is 2. The molecule has 0 fully saturated rings. The quantitative estimate of drug-likeness (QED) is 0.648. The molecule has 4 rings (SSSR count). The fraction of sp³-hybridized carbons (Fsp3) is 0.174. The summed E-state index contributed by atoms with van der Waals surface area (Å²) < 4.78 is 28.0. The van der Waals surface area contributed by atoms with Crippen LogP contribution in [0, 0.1) is 6.92 Å². The highest BCUT2D eigenvalue weighted by Crippen LogP contribution is 2.29. The van der Waals surface area contributed by atoms with Gasteiger partial charge in [-0.2, -0.15) is 17.9 Å². The molecule has 1 atom stereocenters. The maximum Gasteiger partial charge on any atom is 0.279 e. The second-order valence-electron chi connectivity index (χ2n) is 7.05. The van der Waals surface area contributed by atoms with Gasteiger partial charge in [0.1, 0.15) is 0 Å². The molecule has 0 amide bonds. The van der Waals surface area contributed by atoms with Gasteiger partial charge in [0.2, 0.25) is 0 Å². The van der Waals surface area contributed by atoms with Gasteiger partial charge in [0.25, 0.3) is 10.0 Å². The van der Waals surface area contributed by atoms with Gasteiger partial charge in [0.05, 0.1) is 16.6 Å². The van der Waals surface area contributed by atoms with Gasteiger partial charge in [0.15, 0.2) is 0 Å². The Labute approximate surface area is 166 Å². The van der Waals surface area contributed by atoms with Crippen LogP contribution in [-0.2, 0) is 16.4 Å². The van der Waals surface area contributed by atoms with E-state index in [4.69, 9.17) is 0 Å². The van der Waals surface area contributed by atoms with Crippen molar-refractivity contribution in [1.82, 2.24) is 4.41 Å². The molecule has 0 aliphatic carbocycles. The number of hydrogen-bond donors (Lipinski definition) is 0. The molecule has 0 radical (unpaired) electrons. The normalized spacial score (nSPS) is 16.8. The average molecular weight is 391 g/mol. The summed E-state index contributed by atoms with van der Waals surface area (Å²) in [5, 5.41) is 4.57. The van der Waals surface area contributed by atoms with Crippen LogP contribution in [0.4, 0.5) is 0 Å². The van der Waals surface area contributed by atoms with Gasteiger partial charge in [-0.1, -0.05) is 78.4 Å². The number of aryl methyl sites for hydroxylation is 1. The lowest BCUT2D eigenvalue weighted by Gasteiger charge is -2.23. The van der Waals surface area contributed by atoms with Crippen LogP contribution in [0.5, 0.6) is 0 Å². The first-order chi connectivity index (χ1) is 13.5. The number of sulfonamides is 1. The highest BCUT2D eigenvalue weighted by Gasteiger charge is 2.36. The Morgan fingerprint density at radius 2 is 1.50 bits per heavy atom. The van der Waals surface area contributed by atoms with Crippen molar-refractivity contribution in [3.05, 3.63) is 102 Å². The van der Waals surface area contributed by atoms with Gasteiger partial charge < -0.3 is 0 Å². The van der Waals surface area contributed by atoms with Crippen molar-refractivity contribution in [3.8, 4) is 0 Å². The van der Waals surface area contributed by atoms with Crippen LogP contribution in [-0.4, -0.2) is 24.6 Å². The predicted molar refractivity (Wildman–Crippen MR) is 112 cm³/mol. The second-order valence-corrected chi connectivity index (χ2v) is 8.85. The first-order valence-electron chi connectivity index (χ1n) is 9.32. The molecule has 3 aromatic carbocycles. The van der Waals surface area contributed by atoms with Crippen molar-refractivity contribution >= 4 is 15.7 Å². The molecule has 0 aromatic heterocycles. The number of benzene rings is 3. The van der Waals surface area contributed by atoms with E-state index in [-0.39, 0.29) is 10.9 Å². The SMILES string of the molecule is Cc1ccc(S(=O)(=O)N2N=C(c3ccccc3)CC2Cc2ccccc2)cc1. The van der Waals surface area contributed by atoms with Gasteiger partial charge in [-0.15, -0.1) is 0 Å². The van der Waals surface area contributed by atoms with Crippen LogP contribution in [0.25, 0.3) is 0 Å². The molecule has 4 nitrogen and oxygen atoms in total. The van der Waals surface area contributed by atoms with Crippen LogP contribution in [0.3, 0.4) is 0 Å². The minimum absolute atomic E-state index is 0.246. The maximum atomic E-state index is 13.3. The Kier molecular flexibility index (Phi) is 5.01. The van der Waals surface area contributed by atoms with Crippen molar-refractivity contribution in [2.75, 3.05) is 0 Å². The zero-order valence-electron chi connectivity index (χ0n) is 15.7. The fourth-order valence-corrected chi connectivity index (χ4v) is 4.90. The predicted octanol–water partition coefficient (Wildman–Crippen LogP) is 4.41. The largest absolute Gasteiger partial charge is 0.279 e. The Balaban J connectivity index is 1.72. The molecule has 5 heteroatoms. The van der Waals surface area contributed by atoms with E-state index in [0.29, 0.717) is 12.8 Å². The Hall–Kier alpha value is -2.92. The lowest BCUT2D eigenvalue weighted by molar-refractivity contribution is 0.361. The molecule has 3 aromatic rings. The summed E-state index contributed by atoms with van der Waals surface area (Å²) in [5.41, 5.74) is 3.88. The Morgan fingerprint density at radius 3 is 2.14 bits per heavy atom. The van der Waals surface area contributed by atoms with E-state index in [1.165, 1.54) is 4.41 Å². The van der Waals surface area contributed by atoms with Gasteiger partial charge in [0, 0.05) is 6.42 Å². The highest BCUT2D eigenvalue weighted by atomic mass is 32.2. The van der Waals surface area contributed by atoms with Gasteiger partial charge in [-0.05, 0) is 36.6 Å². The molecule has 0 saturated heterocycles. The van der Waals surface area contributed by atoms with Crippen LogP contribution >= 0.6 is 0 Å². The third kappa shape index (κ3) is 3.71. The standard InChI is InChI=1S/C23H22N2O2S/c1-18-12-14-22(15-13-18)28(26,27)25-21(16-19-8-4-2-5-9-19)17-23(24-25)20-10-6-3-7-11-20/h2-15,21H,16-17H2,1H3. The topological polar surface area (TPSA) is 49.7 Å². The number of hydrogen-bond acceptors (Lipinski definition) is 3. The fourth-order valence-electron chi connectivity index (χ4n) is 3.45. The molecule has 142 valence electrons. The average Bonchev–Trinajstić information content (AvgIpc) is 3.14. The van der Waals surface area contributed by atoms with Crippen molar-refractivity contribution in [1.29, 1.82) is 0 Å². The van der Waals surface area contributed by atoms with E-state index in [9.17, 15) is 8.42 Å². The Morgan fingerprint density at radius 1 is 0.893 bits per heavy atom. The summed E-state index contributed by atoms with van der Waals surface area (Å²) in [6.07, 6.45) is 1.20. The molecule has 0 spiro atoms. The minimum Gasteiger partial charge on any atom is -0.200 e. The molecule has 0 N–H and O–H groups in total. The van der Waals surface area contributed by atoms with Gasteiger partial charge >= 0.3 is 0 Å². The summed E-state index contributed by atoms with van der Waals surface area (Å²) in [4.78, 5) is 0.272. The van der Waals surface area contributed by atoms with E-state index >= 15 is 0 Å². The summed E-state index contributed by atoms with van der Waals surface area (Å²) in [7, 11) is -3.72.